The van der Waals surface area contributed by atoms with E-state index >= 15 is 0 Å². The van der Waals surface area contributed by atoms with Crippen molar-refractivity contribution in [2.45, 2.75) is 39.7 Å². The first-order chi connectivity index (χ1) is 9.56. The van der Waals surface area contributed by atoms with Gasteiger partial charge in [-0.1, -0.05) is 0 Å². The number of fused-ring (bicyclic) bond motifs is 1. The summed E-state index contributed by atoms with van der Waals surface area (Å²) >= 11 is 0. The summed E-state index contributed by atoms with van der Waals surface area (Å²) in [4.78, 5) is 16.9. The Morgan fingerprint density at radius 1 is 1.50 bits per heavy atom. The topological polar surface area (TPSA) is 59.8 Å². The molecule has 0 unspecified atom stereocenters. The van der Waals surface area contributed by atoms with E-state index in [9.17, 15) is 4.79 Å². The van der Waals surface area contributed by atoms with E-state index in [4.69, 9.17) is 0 Å². The van der Waals surface area contributed by atoms with Gasteiger partial charge in [-0.3, -0.25) is 4.79 Å². The Hall–Kier alpha value is -1.91. The van der Waals surface area contributed by atoms with Crippen LogP contribution in [0.15, 0.2) is 12.3 Å². The average molecular weight is 272 g/mol. The zero-order valence-electron chi connectivity index (χ0n) is 12.2. The van der Waals surface area contributed by atoms with Crippen molar-refractivity contribution in [2.75, 3.05) is 6.54 Å². The molecule has 20 heavy (non-hydrogen) atoms. The van der Waals surface area contributed by atoms with Gasteiger partial charge < -0.3 is 5.32 Å². The van der Waals surface area contributed by atoms with E-state index in [1.165, 1.54) is 12.8 Å². The van der Waals surface area contributed by atoms with Crippen LogP contribution in [0.3, 0.4) is 0 Å². The van der Waals surface area contributed by atoms with Crippen LogP contribution < -0.4 is 5.32 Å². The minimum atomic E-state index is -0.0179. The lowest BCUT2D eigenvalue weighted by molar-refractivity contribution is 0.0953. The molecule has 2 aromatic rings. The van der Waals surface area contributed by atoms with E-state index in [1.807, 2.05) is 17.7 Å². The van der Waals surface area contributed by atoms with E-state index < -0.39 is 0 Å². The van der Waals surface area contributed by atoms with Crippen LogP contribution in [0.25, 0.3) is 11.0 Å². The molecule has 0 bridgehead atoms. The molecule has 0 aromatic carbocycles. The van der Waals surface area contributed by atoms with Crippen molar-refractivity contribution in [3.8, 4) is 0 Å². The first kappa shape index (κ1) is 13.1. The number of carbonyl (C=O) groups is 1. The molecule has 0 saturated heterocycles. The van der Waals surface area contributed by atoms with Crippen molar-refractivity contribution in [3.63, 3.8) is 0 Å². The number of carbonyl (C=O) groups excluding carboxylic acids is 1. The summed E-state index contributed by atoms with van der Waals surface area (Å²) in [5.41, 5.74) is 2.31. The lowest BCUT2D eigenvalue weighted by Gasteiger charge is -2.09. The summed E-state index contributed by atoms with van der Waals surface area (Å²) in [7, 11) is 0. The first-order valence-electron chi connectivity index (χ1n) is 7.19. The molecule has 1 aliphatic rings. The fraction of sp³-hybridized carbons (Fsp3) is 0.533. The van der Waals surface area contributed by atoms with Gasteiger partial charge in [-0.05, 0) is 45.6 Å². The van der Waals surface area contributed by atoms with Crippen molar-refractivity contribution in [1.82, 2.24) is 20.1 Å². The molecular formula is C15H20N4O. The monoisotopic (exact) mass is 272 g/mol. The van der Waals surface area contributed by atoms with Crippen LogP contribution >= 0.6 is 0 Å². The molecule has 0 aliphatic heterocycles. The van der Waals surface area contributed by atoms with Crippen LogP contribution in [-0.4, -0.2) is 27.2 Å². The van der Waals surface area contributed by atoms with Gasteiger partial charge in [0.25, 0.3) is 5.91 Å². The Kier molecular flexibility index (Phi) is 3.20. The third-order valence-corrected chi connectivity index (χ3v) is 3.68. The van der Waals surface area contributed by atoms with Gasteiger partial charge in [-0.2, -0.15) is 5.10 Å². The molecule has 1 saturated carbocycles. The Labute approximate surface area is 118 Å². The zero-order valence-corrected chi connectivity index (χ0v) is 12.2. The van der Waals surface area contributed by atoms with Gasteiger partial charge >= 0.3 is 0 Å². The van der Waals surface area contributed by atoms with Gasteiger partial charge in [0.1, 0.15) is 0 Å². The number of rotatable bonds is 4. The standard InChI is InChI=1S/C15H20N4O/c1-9(2)19-14-13(8-17-19)12(6-10(3)18-14)15(20)16-7-11-4-5-11/h6,8-9,11H,4-5,7H2,1-3H3,(H,16,20). The molecule has 1 aliphatic carbocycles. The Bertz CT molecular complexity index is 655. The summed E-state index contributed by atoms with van der Waals surface area (Å²) < 4.78 is 1.86. The molecule has 0 radical (unpaired) electrons. The zero-order chi connectivity index (χ0) is 14.3. The molecule has 5 nitrogen and oxygen atoms in total. The van der Waals surface area contributed by atoms with E-state index in [0.717, 1.165) is 23.3 Å². The number of pyridine rings is 1. The van der Waals surface area contributed by atoms with Crippen LogP contribution in [0.2, 0.25) is 0 Å². The first-order valence-corrected chi connectivity index (χ1v) is 7.19. The third kappa shape index (κ3) is 2.40. The van der Waals surface area contributed by atoms with Crippen molar-refractivity contribution >= 4 is 16.9 Å². The maximum Gasteiger partial charge on any atom is 0.252 e. The fourth-order valence-corrected chi connectivity index (χ4v) is 2.36. The highest BCUT2D eigenvalue weighted by Gasteiger charge is 2.23. The summed E-state index contributed by atoms with van der Waals surface area (Å²) in [6.07, 6.45) is 4.21. The predicted octanol–water partition coefficient (Wildman–Crippen LogP) is 2.46. The maximum absolute atomic E-state index is 12.3. The highest BCUT2D eigenvalue weighted by atomic mass is 16.1. The highest BCUT2D eigenvalue weighted by Crippen LogP contribution is 2.28. The van der Waals surface area contributed by atoms with Crippen LogP contribution in [0.4, 0.5) is 0 Å². The number of amides is 1. The third-order valence-electron chi connectivity index (χ3n) is 3.68. The number of aryl methyl sites for hydroxylation is 1. The summed E-state index contributed by atoms with van der Waals surface area (Å²) in [5, 5.41) is 8.21. The molecular weight excluding hydrogens is 252 g/mol. The molecule has 5 heteroatoms. The largest absolute Gasteiger partial charge is 0.352 e. The van der Waals surface area contributed by atoms with Gasteiger partial charge in [0, 0.05) is 18.3 Å². The molecule has 2 heterocycles. The second-order valence-corrected chi connectivity index (χ2v) is 5.88. The molecule has 2 aromatic heterocycles. The summed E-state index contributed by atoms with van der Waals surface area (Å²) in [5.74, 6) is 0.659. The molecule has 1 fully saturated rings. The summed E-state index contributed by atoms with van der Waals surface area (Å²) in [6.45, 7) is 6.81. The van der Waals surface area contributed by atoms with Crippen molar-refractivity contribution < 1.29 is 4.79 Å². The van der Waals surface area contributed by atoms with E-state index in [-0.39, 0.29) is 11.9 Å². The number of hydrogen-bond acceptors (Lipinski definition) is 3. The number of hydrogen-bond donors (Lipinski definition) is 1. The van der Waals surface area contributed by atoms with Gasteiger partial charge in [0.15, 0.2) is 5.65 Å². The Morgan fingerprint density at radius 3 is 2.90 bits per heavy atom. The van der Waals surface area contributed by atoms with Gasteiger partial charge in [-0.15, -0.1) is 0 Å². The van der Waals surface area contributed by atoms with Crippen LogP contribution in [0, 0.1) is 12.8 Å². The quantitative estimate of drug-likeness (QED) is 0.930. The van der Waals surface area contributed by atoms with Crippen LogP contribution in [0.1, 0.15) is 48.8 Å². The Balaban J connectivity index is 1.98. The summed E-state index contributed by atoms with van der Waals surface area (Å²) in [6, 6.07) is 2.07. The second-order valence-electron chi connectivity index (χ2n) is 5.88. The molecule has 3 rings (SSSR count). The smallest absolute Gasteiger partial charge is 0.252 e. The number of nitrogens with zero attached hydrogens (tertiary/aromatic N) is 3. The van der Waals surface area contributed by atoms with Crippen molar-refractivity contribution in [3.05, 3.63) is 23.5 Å². The predicted molar refractivity (Wildman–Crippen MR) is 77.7 cm³/mol. The molecule has 1 amide bonds. The van der Waals surface area contributed by atoms with Crippen molar-refractivity contribution in [2.24, 2.45) is 5.92 Å². The molecule has 0 atom stereocenters. The fourth-order valence-electron chi connectivity index (χ4n) is 2.36. The number of aromatic nitrogens is 3. The minimum Gasteiger partial charge on any atom is -0.352 e. The molecule has 1 N–H and O–H groups in total. The van der Waals surface area contributed by atoms with Gasteiger partial charge in [0.05, 0.1) is 17.1 Å². The van der Waals surface area contributed by atoms with E-state index in [2.05, 4.69) is 29.2 Å². The highest BCUT2D eigenvalue weighted by molar-refractivity contribution is 6.05. The normalized spacial score (nSPS) is 15.0. The molecule has 106 valence electrons. The van der Waals surface area contributed by atoms with E-state index in [0.29, 0.717) is 11.5 Å². The van der Waals surface area contributed by atoms with Crippen LogP contribution in [0.5, 0.6) is 0 Å². The number of nitrogens with one attached hydrogen (secondary N) is 1. The van der Waals surface area contributed by atoms with Crippen molar-refractivity contribution in [1.29, 1.82) is 0 Å². The Morgan fingerprint density at radius 2 is 2.25 bits per heavy atom. The van der Waals surface area contributed by atoms with Gasteiger partial charge in [-0.25, -0.2) is 9.67 Å². The lowest BCUT2D eigenvalue weighted by Crippen LogP contribution is -2.25. The maximum atomic E-state index is 12.3. The minimum absolute atomic E-state index is 0.0179. The van der Waals surface area contributed by atoms with Gasteiger partial charge in [0.2, 0.25) is 0 Å². The SMILES string of the molecule is Cc1cc(C(=O)NCC2CC2)c2cnn(C(C)C)c2n1. The van der Waals surface area contributed by atoms with E-state index in [1.54, 1.807) is 6.20 Å². The molecule has 0 spiro atoms. The average Bonchev–Trinajstić information content (AvgIpc) is 3.13. The second kappa shape index (κ2) is 4.89. The lowest BCUT2D eigenvalue weighted by atomic mass is 10.1. The van der Waals surface area contributed by atoms with Crippen LogP contribution in [-0.2, 0) is 0 Å².